The Balaban J connectivity index is 2.46. The van der Waals surface area contributed by atoms with Crippen LogP contribution < -0.4 is 10.6 Å². The van der Waals surface area contributed by atoms with Crippen molar-refractivity contribution in [1.82, 2.24) is 0 Å². The van der Waals surface area contributed by atoms with Crippen LogP contribution in [0.5, 0.6) is 0 Å². The van der Waals surface area contributed by atoms with Crippen LogP contribution in [0.3, 0.4) is 0 Å². The Hall–Kier alpha value is -3.34. The van der Waals surface area contributed by atoms with Crippen LogP contribution in [-0.2, 0) is 38.7 Å². The van der Waals surface area contributed by atoms with E-state index in [1.165, 1.54) is 19.1 Å². The minimum absolute atomic E-state index is 0.00705. The van der Waals surface area contributed by atoms with E-state index in [2.05, 4.69) is 15.9 Å². The zero-order chi connectivity index (χ0) is 24.5. The van der Waals surface area contributed by atoms with Crippen LogP contribution in [0, 0.1) is 0 Å². The molecule has 0 fully saturated rings. The molecule has 1 aromatic carbocycles. The first-order chi connectivity index (χ1) is 15.7. The highest BCUT2D eigenvalue weighted by atomic mass is 79.9. The van der Waals surface area contributed by atoms with Gasteiger partial charge in [-0.25, -0.2) is 19.3 Å². The second-order valence-corrected chi connectivity index (χ2v) is 7.88. The molecule has 10 nitrogen and oxygen atoms in total. The first kappa shape index (κ1) is 24.3. The molecule has 0 bridgehead atoms. The fourth-order valence-electron chi connectivity index (χ4n) is 4.05. The molecular weight excluding hydrogens is 500 g/mol. The summed E-state index contributed by atoms with van der Waals surface area (Å²) in [7, 11) is 0. The Kier molecular flexibility index (Phi) is 6.82. The first-order valence-corrected chi connectivity index (χ1v) is 11.0. The molecule has 2 aliphatic rings. The van der Waals surface area contributed by atoms with Gasteiger partial charge in [0.1, 0.15) is 22.3 Å². The molecule has 176 valence electrons. The lowest BCUT2D eigenvalue weighted by Gasteiger charge is -2.35. The maximum Gasteiger partial charge on any atom is 0.421 e. The third-order valence-electron chi connectivity index (χ3n) is 5.15. The lowest BCUT2D eigenvalue weighted by Crippen LogP contribution is -2.52. The number of anilines is 1. The van der Waals surface area contributed by atoms with Crippen molar-refractivity contribution in [2.45, 2.75) is 33.1 Å². The smallest absolute Gasteiger partial charge is 0.421 e. The Morgan fingerprint density at radius 1 is 1.03 bits per heavy atom. The van der Waals surface area contributed by atoms with Crippen molar-refractivity contribution in [3.8, 4) is 0 Å². The van der Waals surface area contributed by atoms with E-state index >= 15 is 0 Å². The van der Waals surface area contributed by atoms with Gasteiger partial charge in [-0.3, -0.25) is 4.79 Å². The Bertz CT molecular complexity index is 1070. The standard InChI is InChI=1S/C22H23BrN2O8/c1-5-30-18(26)15-11(4)33-17(24)16(19(27)31-6-2)22(15)13-10-12(23)8-9-14(13)25(20(22)28)21(29)32-7-3/h8-10H,5-7,24H2,1-4H3. The average Bonchev–Trinajstić information content (AvgIpc) is 2.97. The Morgan fingerprint density at radius 3 is 2.18 bits per heavy atom. The highest BCUT2D eigenvalue weighted by Gasteiger charge is 2.65. The van der Waals surface area contributed by atoms with Gasteiger partial charge in [-0.05, 0) is 45.9 Å². The summed E-state index contributed by atoms with van der Waals surface area (Å²) in [6.07, 6.45) is -0.975. The van der Waals surface area contributed by atoms with E-state index in [0.717, 1.165) is 4.90 Å². The summed E-state index contributed by atoms with van der Waals surface area (Å²) in [4.78, 5) is 54.0. The van der Waals surface area contributed by atoms with E-state index in [-0.39, 0.29) is 42.4 Å². The number of amides is 2. The molecule has 1 aromatic rings. The fourth-order valence-corrected chi connectivity index (χ4v) is 4.41. The van der Waals surface area contributed by atoms with Crippen LogP contribution in [0.1, 0.15) is 33.3 Å². The summed E-state index contributed by atoms with van der Waals surface area (Å²) in [5, 5.41) is 0. The molecule has 1 spiro atoms. The van der Waals surface area contributed by atoms with Gasteiger partial charge in [0.15, 0.2) is 0 Å². The zero-order valence-corrected chi connectivity index (χ0v) is 20.1. The topological polar surface area (TPSA) is 134 Å². The number of nitrogens with two attached hydrogens (primary N) is 1. The van der Waals surface area contributed by atoms with Crippen molar-refractivity contribution in [2.75, 3.05) is 24.7 Å². The second kappa shape index (κ2) is 9.26. The fraction of sp³-hybridized carbons (Fsp3) is 0.364. The predicted molar refractivity (Wildman–Crippen MR) is 119 cm³/mol. The predicted octanol–water partition coefficient (Wildman–Crippen LogP) is 2.79. The van der Waals surface area contributed by atoms with E-state index in [1.807, 2.05) is 0 Å². The molecule has 1 unspecified atom stereocenters. The van der Waals surface area contributed by atoms with Crippen molar-refractivity contribution in [1.29, 1.82) is 0 Å². The maximum absolute atomic E-state index is 14.1. The van der Waals surface area contributed by atoms with Gasteiger partial charge in [0.05, 0.1) is 25.5 Å². The number of halogens is 1. The zero-order valence-electron chi connectivity index (χ0n) is 18.5. The number of carbonyl (C=O) groups is 4. The van der Waals surface area contributed by atoms with Gasteiger partial charge in [-0.15, -0.1) is 0 Å². The number of hydrogen-bond acceptors (Lipinski definition) is 9. The van der Waals surface area contributed by atoms with Crippen LogP contribution in [0.25, 0.3) is 0 Å². The number of esters is 2. The van der Waals surface area contributed by atoms with Crippen LogP contribution in [0.2, 0.25) is 0 Å². The lowest BCUT2D eigenvalue weighted by molar-refractivity contribution is -0.143. The van der Waals surface area contributed by atoms with E-state index in [9.17, 15) is 19.2 Å². The number of allylic oxidation sites excluding steroid dienone is 1. The summed E-state index contributed by atoms with van der Waals surface area (Å²) in [5.41, 5.74) is 3.51. The number of fused-ring (bicyclic) bond motifs is 2. The third kappa shape index (κ3) is 3.65. The van der Waals surface area contributed by atoms with Crippen LogP contribution in [0.15, 0.2) is 45.5 Å². The summed E-state index contributed by atoms with van der Waals surface area (Å²) < 4.78 is 21.5. The quantitative estimate of drug-likeness (QED) is 0.457. The summed E-state index contributed by atoms with van der Waals surface area (Å²) in [6, 6.07) is 4.63. The van der Waals surface area contributed by atoms with Crippen molar-refractivity contribution in [2.24, 2.45) is 5.73 Å². The first-order valence-electron chi connectivity index (χ1n) is 10.2. The van der Waals surface area contributed by atoms with Crippen molar-refractivity contribution in [3.63, 3.8) is 0 Å². The number of nitrogens with zero attached hydrogens (tertiary/aromatic N) is 1. The van der Waals surface area contributed by atoms with Crippen molar-refractivity contribution >= 4 is 45.6 Å². The maximum atomic E-state index is 14.1. The molecule has 2 heterocycles. The molecule has 0 aromatic heterocycles. The Morgan fingerprint density at radius 2 is 1.61 bits per heavy atom. The van der Waals surface area contributed by atoms with Gasteiger partial charge in [0.25, 0.3) is 5.91 Å². The molecule has 2 amide bonds. The molecule has 11 heteroatoms. The van der Waals surface area contributed by atoms with Gasteiger partial charge < -0.3 is 24.7 Å². The minimum atomic E-state index is -2.16. The molecular formula is C22H23BrN2O8. The molecule has 3 rings (SSSR count). The molecule has 0 saturated carbocycles. The summed E-state index contributed by atoms with van der Waals surface area (Å²) >= 11 is 3.36. The lowest BCUT2D eigenvalue weighted by atomic mass is 9.67. The van der Waals surface area contributed by atoms with Gasteiger partial charge in [0, 0.05) is 10.0 Å². The third-order valence-corrected chi connectivity index (χ3v) is 5.64. The highest BCUT2D eigenvalue weighted by molar-refractivity contribution is 9.10. The molecule has 0 radical (unpaired) electrons. The monoisotopic (exact) mass is 522 g/mol. The van der Waals surface area contributed by atoms with E-state index in [1.54, 1.807) is 26.8 Å². The Labute approximate surface area is 198 Å². The van der Waals surface area contributed by atoms with E-state index in [0.29, 0.717) is 4.47 Å². The van der Waals surface area contributed by atoms with E-state index < -0.39 is 40.8 Å². The average molecular weight is 523 g/mol. The van der Waals surface area contributed by atoms with Crippen LogP contribution in [0.4, 0.5) is 10.5 Å². The number of rotatable bonds is 5. The van der Waals surface area contributed by atoms with Gasteiger partial charge >= 0.3 is 18.0 Å². The van der Waals surface area contributed by atoms with Crippen molar-refractivity contribution in [3.05, 3.63) is 51.0 Å². The molecule has 2 N–H and O–H groups in total. The second-order valence-electron chi connectivity index (χ2n) is 6.96. The van der Waals surface area contributed by atoms with Gasteiger partial charge in [-0.2, -0.15) is 0 Å². The molecule has 2 aliphatic heterocycles. The number of benzene rings is 1. The van der Waals surface area contributed by atoms with Gasteiger partial charge in [0.2, 0.25) is 5.88 Å². The normalized spacial score (nSPS) is 19.4. The molecule has 0 aliphatic carbocycles. The number of imide groups is 1. The van der Waals surface area contributed by atoms with Crippen molar-refractivity contribution < 1.29 is 38.1 Å². The summed E-state index contributed by atoms with van der Waals surface area (Å²) in [6.45, 7) is 6.11. The molecule has 0 saturated heterocycles. The SMILES string of the molecule is CCOC(=O)C1=C(C)OC(N)=C(C(=O)OCC)C12C(=O)N(C(=O)OCC)c1ccc(Br)cc12. The van der Waals surface area contributed by atoms with Crippen LogP contribution in [-0.4, -0.2) is 43.8 Å². The number of ether oxygens (including phenoxy) is 4. The molecule has 33 heavy (non-hydrogen) atoms. The largest absolute Gasteiger partial charge is 0.462 e. The van der Waals surface area contributed by atoms with Crippen LogP contribution >= 0.6 is 15.9 Å². The number of hydrogen-bond donors (Lipinski definition) is 1. The summed E-state index contributed by atoms with van der Waals surface area (Å²) in [5.74, 6) is -3.30. The number of carbonyl (C=O) groups excluding carboxylic acids is 4. The highest BCUT2D eigenvalue weighted by Crippen LogP contribution is 2.55. The minimum Gasteiger partial charge on any atom is -0.462 e. The van der Waals surface area contributed by atoms with E-state index in [4.69, 9.17) is 24.7 Å². The van der Waals surface area contributed by atoms with Gasteiger partial charge in [-0.1, -0.05) is 15.9 Å². The molecule has 1 atom stereocenters.